The number of hydrogen-bond acceptors (Lipinski definition) is 1. The molecule has 0 unspecified atom stereocenters. The second-order valence-corrected chi connectivity index (χ2v) is 8.19. The first-order valence-electron chi connectivity index (χ1n) is 13.9. The second-order valence-electron chi connectivity index (χ2n) is 8.19. The van der Waals surface area contributed by atoms with Gasteiger partial charge in [-0.15, -0.1) is 0 Å². The SMILES string of the molecule is [2H]C([2H])([2H])c1cccc(C([2H])([2H])[2H])c1-c1ccc2c3ccnc(-c4ccc(F)cc4)c3n(-c3ccccc3)c2c1. The van der Waals surface area contributed by atoms with E-state index in [0.29, 0.717) is 11.3 Å². The van der Waals surface area contributed by atoms with Gasteiger partial charge in [0.25, 0.3) is 0 Å². The van der Waals surface area contributed by atoms with Gasteiger partial charge in [-0.1, -0.05) is 48.5 Å². The molecule has 0 aliphatic heterocycles. The Kier molecular flexibility index (Phi) is 3.47. The first-order chi connectivity index (χ1) is 19.0. The van der Waals surface area contributed by atoms with Crippen molar-refractivity contribution in [3.63, 3.8) is 0 Å². The molecular formula is C31H23FN2. The van der Waals surface area contributed by atoms with Crippen LogP contribution in [0.4, 0.5) is 4.39 Å². The van der Waals surface area contributed by atoms with Crippen LogP contribution in [-0.2, 0) is 0 Å². The van der Waals surface area contributed by atoms with Crippen LogP contribution in [0, 0.1) is 19.5 Å². The molecule has 6 rings (SSSR count). The van der Waals surface area contributed by atoms with Crippen molar-refractivity contribution < 1.29 is 12.6 Å². The van der Waals surface area contributed by atoms with Crippen LogP contribution < -0.4 is 0 Å². The van der Waals surface area contributed by atoms with Gasteiger partial charge < -0.3 is 4.57 Å². The van der Waals surface area contributed by atoms with E-state index in [1.165, 1.54) is 30.3 Å². The van der Waals surface area contributed by atoms with Crippen LogP contribution in [-0.4, -0.2) is 9.55 Å². The van der Waals surface area contributed by atoms with Gasteiger partial charge in [-0.3, -0.25) is 4.98 Å². The van der Waals surface area contributed by atoms with Gasteiger partial charge >= 0.3 is 0 Å². The van der Waals surface area contributed by atoms with Gasteiger partial charge in [-0.2, -0.15) is 0 Å². The molecular weight excluding hydrogens is 419 g/mol. The smallest absolute Gasteiger partial charge is 0.123 e. The normalized spacial score (nSPS) is 14.7. The number of aryl methyl sites for hydroxylation is 2. The molecule has 0 N–H and O–H groups in total. The Hall–Kier alpha value is -4.24. The highest BCUT2D eigenvalue weighted by atomic mass is 19.1. The van der Waals surface area contributed by atoms with Crippen LogP contribution in [0.5, 0.6) is 0 Å². The summed E-state index contributed by atoms with van der Waals surface area (Å²) in [5, 5.41) is 1.79. The van der Waals surface area contributed by atoms with Crippen molar-refractivity contribution in [2.75, 3.05) is 0 Å². The lowest BCUT2D eigenvalue weighted by atomic mass is 9.95. The molecule has 0 saturated carbocycles. The average Bonchev–Trinajstić information content (AvgIpc) is 3.26. The first-order valence-corrected chi connectivity index (χ1v) is 10.9. The summed E-state index contributed by atoms with van der Waals surface area (Å²) >= 11 is 0. The lowest BCUT2D eigenvalue weighted by molar-refractivity contribution is 0.628. The monoisotopic (exact) mass is 448 g/mol. The minimum absolute atomic E-state index is 0.0171. The topological polar surface area (TPSA) is 17.8 Å². The average molecular weight is 449 g/mol. The zero-order valence-corrected chi connectivity index (χ0v) is 18.1. The van der Waals surface area contributed by atoms with E-state index in [1.807, 2.05) is 53.1 Å². The predicted octanol–water partition coefficient (Wildman–Crippen LogP) is 8.27. The second kappa shape index (κ2) is 7.96. The highest BCUT2D eigenvalue weighted by molar-refractivity contribution is 6.13. The van der Waals surface area contributed by atoms with Crippen LogP contribution in [0.2, 0.25) is 0 Å². The molecule has 0 aliphatic carbocycles. The van der Waals surface area contributed by atoms with Gasteiger partial charge in [0.2, 0.25) is 0 Å². The highest BCUT2D eigenvalue weighted by Gasteiger charge is 2.18. The van der Waals surface area contributed by atoms with Crippen molar-refractivity contribution in [1.82, 2.24) is 9.55 Å². The molecule has 0 aliphatic rings. The molecule has 2 nitrogen and oxygen atoms in total. The number of benzene rings is 4. The molecule has 0 amide bonds. The predicted molar refractivity (Wildman–Crippen MR) is 139 cm³/mol. The molecule has 0 saturated heterocycles. The summed E-state index contributed by atoms with van der Waals surface area (Å²) in [5.41, 5.74) is 4.44. The number of fused-ring (bicyclic) bond motifs is 3. The van der Waals surface area contributed by atoms with Gasteiger partial charge in [0.15, 0.2) is 0 Å². The maximum Gasteiger partial charge on any atom is 0.123 e. The molecule has 2 heterocycles. The molecule has 3 heteroatoms. The molecule has 34 heavy (non-hydrogen) atoms. The summed E-state index contributed by atoms with van der Waals surface area (Å²) in [5.74, 6) is -0.345. The fraction of sp³-hybridized carbons (Fsp3) is 0.0645. The van der Waals surface area contributed by atoms with Crippen LogP contribution in [0.15, 0.2) is 103 Å². The standard InChI is InChI=1S/C31H23FN2/c1-20-7-6-8-21(2)29(20)23-13-16-26-27-17-18-33-30(22-11-14-24(32)15-12-22)31(27)34(28(26)19-23)25-9-4-3-5-10-25/h3-19H,1-2H3/i1D3,2D3. The highest BCUT2D eigenvalue weighted by Crippen LogP contribution is 2.39. The Morgan fingerprint density at radius 3 is 2.21 bits per heavy atom. The van der Waals surface area contributed by atoms with Gasteiger partial charge in [0, 0.05) is 36.4 Å². The molecule has 0 bridgehead atoms. The van der Waals surface area contributed by atoms with E-state index in [2.05, 4.69) is 4.98 Å². The third-order valence-corrected chi connectivity index (χ3v) is 6.16. The van der Waals surface area contributed by atoms with Crippen molar-refractivity contribution in [2.24, 2.45) is 0 Å². The van der Waals surface area contributed by atoms with E-state index in [-0.39, 0.29) is 22.5 Å². The number of pyridine rings is 1. The Morgan fingerprint density at radius 2 is 1.47 bits per heavy atom. The first kappa shape index (κ1) is 14.8. The van der Waals surface area contributed by atoms with Crippen LogP contribution in [0.3, 0.4) is 0 Å². The Balaban J connectivity index is 1.74. The number of halogens is 1. The fourth-order valence-corrected chi connectivity index (χ4v) is 4.65. The number of nitrogens with zero attached hydrogens (tertiary/aromatic N) is 2. The number of hydrogen-bond donors (Lipinski definition) is 0. The van der Waals surface area contributed by atoms with E-state index in [0.717, 1.165) is 33.1 Å². The van der Waals surface area contributed by atoms with Gasteiger partial charge in [-0.05, 0) is 84.5 Å². The van der Waals surface area contributed by atoms with E-state index < -0.39 is 13.7 Å². The zero-order valence-electron chi connectivity index (χ0n) is 24.1. The van der Waals surface area contributed by atoms with Gasteiger partial charge in [-0.25, -0.2) is 4.39 Å². The summed E-state index contributed by atoms with van der Waals surface area (Å²) < 4.78 is 64.6. The summed E-state index contributed by atoms with van der Waals surface area (Å²) in [6.45, 7) is -5.03. The largest absolute Gasteiger partial charge is 0.307 e. The molecule has 4 aromatic carbocycles. The maximum atomic E-state index is 13.8. The maximum absolute atomic E-state index is 13.8. The molecule has 6 aromatic rings. The lowest BCUT2D eigenvalue weighted by Crippen LogP contribution is -1.97. The molecule has 0 fully saturated rings. The third-order valence-electron chi connectivity index (χ3n) is 6.16. The summed E-state index contributed by atoms with van der Waals surface area (Å²) in [7, 11) is 0. The van der Waals surface area contributed by atoms with Gasteiger partial charge in [0.05, 0.1) is 16.7 Å². The molecule has 0 radical (unpaired) electrons. The number of aromatic nitrogens is 2. The Morgan fingerprint density at radius 1 is 0.735 bits per heavy atom. The van der Waals surface area contributed by atoms with Crippen LogP contribution in [0.25, 0.3) is 49.9 Å². The summed E-state index contributed by atoms with van der Waals surface area (Å²) in [6, 6.07) is 27.6. The Labute approximate surface area is 206 Å². The molecule has 0 atom stereocenters. The van der Waals surface area contributed by atoms with Crippen molar-refractivity contribution in [1.29, 1.82) is 0 Å². The van der Waals surface area contributed by atoms with E-state index in [1.54, 1.807) is 24.4 Å². The van der Waals surface area contributed by atoms with Crippen molar-refractivity contribution in [2.45, 2.75) is 13.7 Å². The molecule has 2 aromatic heterocycles. The summed E-state index contributed by atoms with van der Waals surface area (Å²) in [6.07, 6.45) is 1.71. The van der Waals surface area contributed by atoms with Crippen molar-refractivity contribution in [3.8, 4) is 28.1 Å². The minimum Gasteiger partial charge on any atom is -0.307 e. The van der Waals surface area contributed by atoms with E-state index >= 15 is 0 Å². The van der Waals surface area contributed by atoms with E-state index in [9.17, 15) is 4.39 Å². The number of para-hydroxylation sites is 1. The quantitative estimate of drug-likeness (QED) is 0.266. The molecule has 0 spiro atoms. The van der Waals surface area contributed by atoms with Crippen molar-refractivity contribution >= 4 is 21.8 Å². The summed E-state index contributed by atoms with van der Waals surface area (Å²) in [4.78, 5) is 4.67. The molecule has 164 valence electrons. The Bertz CT molecular complexity index is 1840. The van der Waals surface area contributed by atoms with Gasteiger partial charge in [0.1, 0.15) is 5.82 Å². The van der Waals surface area contributed by atoms with Crippen LogP contribution in [0.1, 0.15) is 19.4 Å². The van der Waals surface area contributed by atoms with E-state index in [4.69, 9.17) is 8.22 Å². The van der Waals surface area contributed by atoms with Crippen LogP contribution >= 0.6 is 0 Å². The third kappa shape index (κ3) is 3.20. The fourth-order valence-electron chi connectivity index (χ4n) is 4.65. The lowest BCUT2D eigenvalue weighted by Gasteiger charge is -2.13. The zero-order chi connectivity index (χ0) is 28.2. The van der Waals surface area contributed by atoms with Crippen molar-refractivity contribution in [3.05, 3.63) is 120 Å². The number of rotatable bonds is 3. The minimum atomic E-state index is -2.52.